The number of fused-ring (bicyclic) bond motifs is 1. The van der Waals surface area contributed by atoms with Crippen molar-refractivity contribution >= 4 is 42.8 Å². The lowest BCUT2D eigenvalue weighted by Crippen LogP contribution is -2.48. The Morgan fingerprint density at radius 2 is 1.73 bits per heavy atom. The second kappa shape index (κ2) is 17.6. The number of piperazine rings is 1. The minimum atomic E-state index is -2.09. The molecule has 0 saturated carbocycles. The Labute approximate surface area is 327 Å². The Kier molecular flexibility index (Phi) is 12.2. The van der Waals surface area contributed by atoms with Crippen LogP contribution in [-0.4, -0.2) is 76.5 Å². The first kappa shape index (κ1) is 38.2. The van der Waals surface area contributed by atoms with E-state index in [4.69, 9.17) is 9.72 Å². The van der Waals surface area contributed by atoms with Crippen LogP contribution in [0.5, 0.6) is 11.6 Å². The number of hydrogen-bond donors (Lipinski definition) is 4. The van der Waals surface area contributed by atoms with Crippen molar-refractivity contribution in [3.8, 4) is 22.9 Å². The molecule has 2 aliphatic heterocycles. The smallest absolute Gasteiger partial charge is 0.228 e. The second-order valence-corrected chi connectivity index (χ2v) is 19.9. The van der Waals surface area contributed by atoms with Gasteiger partial charge in [-0.1, -0.05) is 24.3 Å². The molecule has 3 aromatic heterocycles. The number of carbonyl (C=O) groups excluding carboxylic acids is 1. The molecule has 1 amide bonds. The fourth-order valence-electron chi connectivity index (χ4n) is 6.90. The molecule has 0 atom stereocenters. The van der Waals surface area contributed by atoms with E-state index in [2.05, 4.69) is 67.6 Å². The third-order valence-electron chi connectivity index (χ3n) is 9.87. The molecule has 4 N–H and O–H groups in total. The molecule has 5 aromatic rings. The maximum absolute atomic E-state index is 12.6. The minimum Gasteiger partial charge on any atom is -0.438 e. The number of anilines is 1. The van der Waals surface area contributed by atoms with Crippen molar-refractivity contribution < 1.29 is 14.3 Å². The van der Waals surface area contributed by atoms with E-state index in [0.29, 0.717) is 18.1 Å². The third-order valence-corrected chi connectivity index (χ3v) is 12.5. The second-order valence-electron chi connectivity index (χ2n) is 14.8. The molecule has 0 unspecified atom stereocenters. The van der Waals surface area contributed by atoms with Gasteiger partial charge in [0.25, 0.3) is 0 Å². The van der Waals surface area contributed by atoms with Crippen molar-refractivity contribution in [3.63, 3.8) is 0 Å². The number of aromatic nitrogens is 3. The van der Waals surface area contributed by atoms with E-state index in [1.54, 1.807) is 23.7 Å². The van der Waals surface area contributed by atoms with Gasteiger partial charge in [-0.3, -0.25) is 20.5 Å². The molecule has 11 nitrogen and oxygen atoms in total. The first-order chi connectivity index (χ1) is 26.7. The van der Waals surface area contributed by atoms with E-state index in [0.717, 1.165) is 109 Å². The fraction of sp³-hybridized carbons (Fsp3) is 0.333. The number of hydrogen-bond acceptors (Lipinski definition) is 11. The summed E-state index contributed by atoms with van der Waals surface area (Å²) in [4.78, 5) is 42.3. The standard InChI is InChI=1S/C42H50N8O3SSi/c1-30-28-37(54-29-30)40-33-10-4-5-11-34(33)41(48-47-40)45-31-15-17-32(18-16-31)53-42-35(12-8-20-44-42)36-19-21-43-38(46-36)13-6-7-22-49-23-25-50(26-24-49)39(51)14-9-27-55(2,3)52/h4-5,8,10-12,15-21,28-29,45,47-48,52H,6-7,9,13-14,22-27H2,1-3H3. The van der Waals surface area contributed by atoms with Crippen LogP contribution in [0.1, 0.15) is 41.9 Å². The van der Waals surface area contributed by atoms with Gasteiger partial charge in [-0.05, 0) is 111 Å². The van der Waals surface area contributed by atoms with Gasteiger partial charge in [-0.15, -0.1) is 11.3 Å². The average molecular weight is 775 g/mol. The molecule has 2 aliphatic rings. The monoisotopic (exact) mass is 774 g/mol. The molecule has 55 heavy (non-hydrogen) atoms. The Bertz CT molecular complexity index is 2210. The van der Waals surface area contributed by atoms with Gasteiger partial charge in [0.05, 0.1) is 21.8 Å². The largest absolute Gasteiger partial charge is 0.438 e. The van der Waals surface area contributed by atoms with Crippen molar-refractivity contribution in [3.05, 3.63) is 117 Å². The van der Waals surface area contributed by atoms with Crippen LogP contribution in [-0.2, 0) is 11.2 Å². The van der Waals surface area contributed by atoms with Crippen molar-refractivity contribution in [2.24, 2.45) is 0 Å². The van der Waals surface area contributed by atoms with Gasteiger partial charge in [0.2, 0.25) is 11.8 Å². The zero-order chi connectivity index (χ0) is 38.2. The lowest BCUT2D eigenvalue weighted by Gasteiger charge is -2.35. The summed E-state index contributed by atoms with van der Waals surface area (Å²) >= 11 is 1.73. The summed E-state index contributed by atoms with van der Waals surface area (Å²) in [5, 5.41) is 7.92. The molecule has 0 aliphatic carbocycles. The third kappa shape index (κ3) is 10.2. The summed E-state index contributed by atoms with van der Waals surface area (Å²) in [6.07, 6.45) is 7.65. The van der Waals surface area contributed by atoms with Gasteiger partial charge in [0.15, 0.2) is 8.32 Å². The van der Waals surface area contributed by atoms with Crippen LogP contribution in [0, 0.1) is 6.92 Å². The van der Waals surface area contributed by atoms with Crippen LogP contribution in [0.3, 0.4) is 0 Å². The van der Waals surface area contributed by atoms with Crippen LogP contribution in [0.15, 0.2) is 90.6 Å². The maximum Gasteiger partial charge on any atom is 0.228 e. The summed E-state index contributed by atoms with van der Waals surface area (Å²) < 4.78 is 6.32. The number of benzene rings is 2. The lowest BCUT2D eigenvalue weighted by atomic mass is 10.1. The number of unbranched alkanes of at least 4 members (excludes halogenated alkanes) is 1. The highest BCUT2D eigenvalue weighted by atomic mass is 32.1. The average Bonchev–Trinajstić information content (AvgIpc) is 3.63. The number of nitrogens with one attached hydrogen (secondary N) is 3. The van der Waals surface area contributed by atoms with Crippen LogP contribution < -0.4 is 31.3 Å². The van der Waals surface area contributed by atoms with E-state index in [9.17, 15) is 9.59 Å². The van der Waals surface area contributed by atoms with Crippen molar-refractivity contribution in [2.45, 2.75) is 58.2 Å². The number of hydrazine groups is 1. The first-order valence-electron chi connectivity index (χ1n) is 19.1. The van der Waals surface area contributed by atoms with Crippen LogP contribution in [0.4, 0.5) is 5.69 Å². The summed E-state index contributed by atoms with van der Waals surface area (Å²) in [5.41, 5.74) is 11.6. The number of nitrogens with zero attached hydrogens (tertiary/aromatic N) is 5. The van der Waals surface area contributed by atoms with Gasteiger partial charge in [0.1, 0.15) is 17.4 Å². The molecule has 7 rings (SSSR count). The van der Waals surface area contributed by atoms with Gasteiger partial charge in [0, 0.05) is 67.5 Å². The SMILES string of the molecule is Cc1csc(C2=c3ccccc3=C(Nc3ccc(Oc4ncccc4-c4ccnc(CCCCN5CCN(C(=O)CCC[Si](C)(C)O)CC5)n4)cc3)NN2)c1. The normalized spacial score (nSPS) is 14.6. The summed E-state index contributed by atoms with van der Waals surface area (Å²) in [6.45, 7) is 10.3. The first-order valence-corrected chi connectivity index (χ1v) is 23.2. The summed E-state index contributed by atoms with van der Waals surface area (Å²) in [5.74, 6) is 3.04. The van der Waals surface area contributed by atoms with Gasteiger partial charge >= 0.3 is 0 Å². The van der Waals surface area contributed by atoms with Crippen LogP contribution >= 0.6 is 11.3 Å². The maximum atomic E-state index is 12.6. The molecule has 2 aromatic carbocycles. The number of ether oxygens (including phenoxy) is 1. The predicted molar refractivity (Wildman–Crippen MR) is 222 cm³/mol. The Balaban J connectivity index is 0.921. The zero-order valence-corrected chi connectivity index (χ0v) is 33.7. The Hall–Kier alpha value is -5.08. The highest BCUT2D eigenvalue weighted by Crippen LogP contribution is 2.31. The molecule has 5 heterocycles. The van der Waals surface area contributed by atoms with Crippen LogP contribution in [0.2, 0.25) is 19.1 Å². The molecule has 13 heteroatoms. The Morgan fingerprint density at radius 1 is 0.927 bits per heavy atom. The van der Waals surface area contributed by atoms with E-state index >= 15 is 0 Å². The number of pyridine rings is 1. The van der Waals surface area contributed by atoms with E-state index < -0.39 is 8.32 Å². The molecule has 286 valence electrons. The van der Waals surface area contributed by atoms with Gasteiger partial charge < -0.3 is 19.7 Å². The molecule has 1 fully saturated rings. The number of thiophene rings is 1. The fourth-order valence-corrected chi connectivity index (χ4v) is 8.86. The van der Waals surface area contributed by atoms with Gasteiger partial charge in [-0.2, -0.15) is 0 Å². The predicted octanol–water partition coefficient (Wildman–Crippen LogP) is 5.59. The molecular formula is C42H50N8O3SSi. The van der Waals surface area contributed by atoms with E-state index in [1.165, 1.54) is 10.4 Å². The Morgan fingerprint density at radius 3 is 2.49 bits per heavy atom. The summed E-state index contributed by atoms with van der Waals surface area (Å²) in [7, 11) is -2.09. The van der Waals surface area contributed by atoms with E-state index in [1.807, 2.05) is 66.5 Å². The van der Waals surface area contributed by atoms with Crippen molar-refractivity contribution in [2.75, 3.05) is 38.0 Å². The number of aryl methyl sites for hydroxylation is 2. The highest BCUT2D eigenvalue weighted by molar-refractivity contribution is 7.11. The highest BCUT2D eigenvalue weighted by Gasteiger charge is 2.23. The number of amides is 1. The van der Waals surface area contributed by atoms with Crippen molar-refractivity contribution in [1.82, 2.24) is 35.6 Å². The topological polar surface area (TPSA) is 128 Å². The van der Waals surface area contributed by atoms with Gasteiger partial charge in [-0.25, -0.2) is 15.0 Å². The number of carbonyl (C=O) groups is 1. The zero-order valence-electron chi connectivity index (χ0n) is 31.8. The summed E-state index contributed by atoms with van der Waals surface area (Å²) in [6, 6.07) is 24.9. The molecule has 0 spiro atoms. The minimum absolute atomic E-state index is 0.219. The number of rotatable bonds is 15. The molecular weight excluding hydrogens is 725 g/mol. The molecule has 0 radical (unpaired) electrons. The molecule has 0 bridgehead atoms. The van der Waals surface area contributed by atoms with Crippen LogP contribution in [0.25, 0.3) is 22.8 Å². The van der Waals surface area contributed by atoms with E-state index in [-0.39, 0.29) is 5.91 Å². The molecule has 1 saturated heterocycles. The quantitative estimate of drug-likeness (QED) is 0.0791. The lowest BCUT2D eigenvalue weighted by molar-refractivity contribution is -0.133. The van der Waals surface area contributed by atoms with Crippen molar-refractivity contribution in [1.29, 1.82) is 0 Å².